The molecule has 1 atom stereocenters. The lowest BCUT2D eigenvalue weighted by Crippen LogP contribution is -2.24. The number of thiocarbonyl (C=S) groups is 1. The van der Waals surface area contributed by atoms with E-state index in [1.165, 1.54) is 5.75 Å². The van der Waals surface area contributed by atoms with Crippen molar-refractivity contribution >= 4 is 34.8 Å². The highest BCUT2D eigenvalue weighted by atomic mass is 32.2. The van der Waals surface area contributed by atoms with Crippen LogP contribution in [-0.4, -0.2) is 32.7 Å². The summed E-state index contributed by atoms with van der Waals surface area (Å²) in [6.07, 6.45) is 1.15. The molecule has 0 bridgehead atoms. The topological polar surface area (TPSA) is 63.8 Å². The zero-order valence-electron chi connectivity index (χ0n) is 9.99. The fourth-order valence-corrected chi connectivity index (χ4v) is 3.25. The minimum Gasteiger partial charge on any atom is -0.389 e. The smallest absolute Gasteiger partial charge is 0.159 e. The van der Waals surface area contributed by atoms with Crippen molar-refractivity contribution in [2.75, 3.05) is 16.8 Å². The first-order chi connectivity index (χ1) is 8.09. The molecule has 0 aliphatic carbocycles. The number of aromatic nitrogens is 2. The van der Waals surface area contributed by atoms with Gasteiger partial charge in [0.1, 0.15) is 4.99 Å². The summed E-state index contributed by atoms with van der Waals surface area (Å²) in [5, 5.41) is 11.7. The van der Waals surface area contributed by atoms with Crippen molar-refractivity contribution in [3.8, 4) is 0 Å². The van der Waals surface area contributed by atoms with E-state index in [4.69, 9.17) is 18.0 Å². The Balaban J connectivity index is 2.32. The summed E-state index contributed by atoms with van der Waals surface area (Å²) in [4.78, 5) is 0.383. The molecule has 2 rings (SSSR count). The maximum Gasteiger partial charge on any atom is 0.159 e. The largest absolute Gasteiger partial charge is 0.389 e. The first kappa shape index (κ1) is 12.6. The Kier molecular flexibility index (Phi) is 3.83. The lowest BCUT2D eigenvalue weighted by atomic mass is 10.1. The molecule has 2 heterocycles. The van der Waals surface area contributed by atoms with Crippen LogP contribution in [0, 0.1) is 13.8 Å². The Labute approximate surface area is 111 Å². The highest BCUT2D eigenvalue weighted by Gasteiger charge is 2.19. The molecule has 3 N–H and O–H groups in total. The number of nitrogens with zero attached hydrogens (tertiary/aromatic N) is 2. The molecule has 1 fully saturated rings. The van der Waals surface area contributed by atoms with Gasteiger partial charge in [-0.25, -0.2) is 0 Å². The van der Waals surface area contributed by atoms with Gasteiger partial charge in [-0.3, -0.25) is 0 Å². The summed E-state index contributed by atoms with van der Waals surface area (Å²) >= 11 is 7.05. The standard InChI is InChI=1S/C11H16N4S2/c1-6-7(2)14-15-11(9(6)10(12)16)13-8-3-4-17-5-8/h8H,3-5H2,1-2H3,(H2,12,16)(H,13,15). The average Bonchev–Trinajstić information content (AvgIpc) is 2.76. The number of nitrogens with two attached hydrogens (primary N) is 1. The Bertz CT molecular complexity index is 441. The van der Waals surface area contributed by atoms with Gasteiger partial charge < -0.3 is 11.1 Å². The van der Waals surface area contributed by atoms with Gasteiger partial charge >= 0.3 is 0 Å². The van der Waals surface area contributed by atoms with Gasteiger partial charge in [0.25, 0.3) is 0 Å². The molecule has 0 spiro atoms. The lowest BCUT2D eigenvalue weighted by Gasteiger charge is -2.16. The van der Waals surface area contributed by atoms with Gasteiger partial charge in [0, 0.05) is 11.8 Å². The molecule has 0 saturated carbocycles. The molecule has 1 unspecified atom stereocenters. The number of hydrogen-bond acceptors (Lipinski definition) is 5. The maximum absolute atomic E-state index is 5.78. The molecule has 0 amide bonds. The number of nitrogens with one attached hydrogen (secondary N) is 1. The minimum atomic E-state index is 0.383. The molecule has 1 saturated heterocycles. The average molecular weight is 268 g/mol. The summed E-state index contributed by atoms with van der Waals surface area (Å²) in [7, 11) is 0. The van der Waals surface area contributed by atoms with E-state index in [9.17, 15) is 0 Å². The molecular weight excluding hydrogens is 252 g/mol. The quantitative estimate of drug-likeness (QED) is 0.813. The summed E-state index contributed by atoms with van der Waals surface area (Å²) in [5.41, 5.74) is 8.50. The van der Waals surface area contributed by atoms with Gasteiger partial charge in [0.05, 0.1) is 11.3 Å². The Hall–Kier alpha value is -0.880. The predicted molar refractivity (Wildman–Crippen MR) is 76.7 cm³/mol. The molecule has 1 aliphatic rings. The molecule has 92 valence electrons. The van der Waals surface area contributed by atoms with Crippen molar-refractivity contribution in [3.05, 3.63) is 16.8 Å². The molecule has 6 heteroatoms. The normalized spacial score (nSPS) is 19.3. The molecule has 4 nitrogen and oxygen atoms in total. The van der Waals surface area contributed by atoms with E-state index in [0.717, 1.165) is 34.8 Å². The summed E-state index contributed by atoms with van der Waals surface area (Å²) in [6, 6.07) is 0.449. The first-order valence-electron chi connectivity index (χ1n) is 5.57. The molecular formula is C11H16N4S2. The van der Waals surface area contributed by atoms with Gasteiger partial charge in [0.15, 0.2) is 5.82 Å². The van der Waals surface area contributed by atoms with Crippen LogP contribution in [0.4, 0.5) is 5.82 Å². The van der Waals surface area contributed by atoms with Crippen LogP contribution in [0.1, 0.15) is 23.2 Å². The Morgan fingerprint density at radius 1 is 1.47 bits per heavy atom. The van der Waals surface area contributed by atoms with Crippen LogP contribution in [0.3, 0.4) is 0 Å². The van der Waals surface area contributed by atoms with Gasteiger partial charge in [0.2, 0.25) is 0 Å². The van der Waals surface area contributed by atoms with E-state index in [2.05, 4.69) is 15.5 Å². The second-order valence-corrected chi connectivity index (χ2v) is 5.79. The predicted octanol–water partition coefficient (Wildman–Crippen LogP) is 1.65. The number of thioether (sulfide) groups is 1. The third-order valence-electron chi connectivity index (χ3n) is 2.97. The van der Waals surface area contributed by atoms with Crippen molar-refractivity contribution < 1.29 is 0 Å². The number of hydrogen-bond donors (Lipinski definition) is 2. The highest BCUT2D eigenvalue weighted by molar-refractivity contribution is 7.99. The van der Waals surface area contributed by atoms with Crippen molar-refractivity contribution in [2.24, 2.45) is 5.73 Å². The fourth-order valence-electron chi connectivity index (χ4n) is 1.85. The second kappa shape index (κ2) is 5.18. The Morgan fingerprint density at radius 2 is 2.24 bits per heavy atom. The fraction of sp³-hybridized carbons (Fsp3) is 0.545. The molecule has 0 radical (unpaired) electrons. The third-order valence-corrected chi connectivity index (χ3v) is 4.34. The molecule has 1 aliphatic heterocycles. The van der Waals surface area contributed by atoms with E-state index in [1.807, 2.05) is 25.6 Å². The van der Waals surface area contributed by atoms with Gasteiger partial charge in [-0.1, -0.05) is 12.2 Å². The van der Waals surface area contributed by atoms with E-state index >= 15 is 0 Å². The summed E-state index contributed by atoms with van der Waals surface area (Å²) in [6.45, 7) is 3.90. The van der Waals surface area contributed by atoms with Crippen LogP contribution in [0.2, 0.25) is 0 Å². The maximum atomic E-state index is 5.78. The Morgan fingerprint density at radius 3 is 2.82 bits per heavy atom. The van der Waals surface area contributed by atoms with Crippen LogP contribution < -0.4 is 11.1 Å². The number of aryl methyl sites for hydroxylation is 1. The zero-order valence-corrected chi connectivity index (χ0v) is 11.6. The van der Waals surface area contributed by atoms with Crippen LogP contribution in [0.25, 0.3) is 0 Å². The van der Waals surface area contributed by atoms with E-state index < -0.39 is 0 Å². The molecule has 17 heavy (non-hydrogen) atoms. The zero-order chi connectivity index (χ0) is 12.4. The van der Waals surface area contributed by atoms with Gasteiger partial charge in [-0.2, -0.15) is 16.9 Å². The summed E-state index contributed by atoms with van der Waals surface area (Å²) in [5.74, 6) is 3.03. The van der Waals surface area contributed by atoms with Crippen LogP contribution in [0.5, 0.6) is 0 Å². The van der Waals surface area contributed by atoms with E-state index in [-0.39, 0.29) is 0 Å². The highest BCUT2D eigenvalue weighted by Crippen LogP contribution is 2.24. The minimum absolute atomic E-state index is 0.383. The monoisotopic (exact) mass is 268 g/mol. The van der Waals surface area contributed by atoms with E-state index in [1.54, 1.807) is 0 Å². The second-order valence-electron chi connectivity index (χ2n) is 4.20. The molecule has 1 aromatic rings. The molecule has 1 aromatic heterocycles. The van der Waals surface area contributed by atoms with Crippen molar-refractivity contribution in [3.63, 3.8) is 0 Å². The lowest BCUT2D eigenvalue weighted by molar-refractivity contribution is 0.796. The summed E-state index contributed by atoms with van der Waals surface area (Å²) < 4.78 is 0. The molecule has 0 aromatic carbocycles. The van der Waals surface area contributed by atoms with Crippen LogP contribution in [0.15, 0.2) is 0 Å². The number of anilines is 1. The van der Waals surface area contributed by atoms with Crippen LogP contribution >= 0.6 is 24.0 Å². The SMILES string of the molecule is Cc1nnc(NC2CCSC2)c(C(N)=S)c1C. The van der Waals surface area contributed by atoms with Crippen molar-refractivity contribution in [1.82, 2.24) is 10.2 Å². The van der Waals surface area contributed by atoms with Crippen LogP contribution in [-0.2, 0) is 0 Å². The third kappa shape index (κ3) is 2.69. The number of rotatable bonds is 3. The van der Waals surface area contributed by atoms with Crippen molar-refractivity contribution in [1.29, 1.82) is 0 Å². The first-order valence-corrected chi connectivity index (χ1v) is 7.14. The van der Waals surface area contributed by atoms with E-state index in [0.29, 0.717) is 11.0 Å². The van der Waals surface area contributed by atoms with Crippen molar-refractivity contribution in [2.45, 2.75) is 26.3 Å². The van der Waals surface area contributed by atoms with Gasteiger partial charge in [-0.05, 0) is 31.6 Å². The van der Waals surface area contributed by atoms with Gasteiger partial charge in [-0.15, -0.1) is 5.10 Å².